The normalized spacial score (nSPS) is 20.2. The number of hydrogen-bond donors (Lipinski definition) is 0. The van der Waals surface area contributed by atoms with E-state index in [-0.39, 0.29) is 18.2 Å². The van der Waals surface area contributed by atoms with Crippen LogP contribution in [0.5, 0.6) is 5.75 Å². The smallest absolute Gasteiger partial charge is 0.410 e. The molecule has 2 aliphatic rings. The highest BCUT2D eigenvalue weighted by Gasteiger charge is 2.31. The van der Waals surface area contributed by atoms with Crippen LogP contribution in [-0.4, -0.2) is 43.8 Å². The van der Waals surface area contributed by atoms with Crippen molar-refractivity contribution in [2.75, 3.05) is 6.54 Å². The Bertz CT molecular complexity index is 1370. The standard InChI is InChI=1S/C29H35FN4O3/c1-17-22-9-11-33(28(35)37-29(4,5)6)15-25(22)26(14-24(17)18(2)30)36-21-8-7-20(13-21)34-12-10-23-19(3)31-16-32-27(23)34/h7-8,10,12,14,16,18,20-21H,9,11,13,15H2,1-6H3/t18?,20-,21+/m0/s1. The molecule has 0 N–H and O–H groups in total. The lowest BCUT2D eigenvalue weighted by Gasteiger charge is -2.34. The topological polar surface area (TPSA) is 69.5 Å². The van der Waals surface area contributed by atoms with E-state index in [0.29, 0.717) is 30.8 Å². The zero-order valence-corrected chi connectivity index (χ0v) is 22.4. The van der Waals surface area contributed by atoms with Crippen molar-refractivity contribution in [3.05, 3.63) is 64.8 Å². The Morgan fingerprint density at radius 1 is 1.19 bits per heavy atom. The molecule has 0 fully saturated rings. The van der Waals surface area contributed by atoms with Gasteiger partial charge in [-0.1, -0.05) is 6.08 Å². The lowest BCUT2D eigenvalue weighted by atomic mass is 9.89. The van der Waals surface area contributed by atoms with Gasteiger partial charge in [-0.15, -0.1) is 0 Å². The van der Waals surface area contributed by atoms with Gasteiger partial charge >= 0.3 is 6.09 Å². The van der Waals surface area contributed by atoms with Crippen LogP contribution in [0.2, 0.25) is 0 Å². The molecule has 0 saturated carbocycles. The molecule has 1 aromatic carbocycles. The minimum Gasteiger partial charge on any atom is -0.486 e. The molecular weight excluding hydrogens is 471 g/mol. The summed E-state index contributed by atoms with van der Waals surface area (Å²) in [4.78, 5) is 23.3. The SMILES string of the molecule is Cc1c(C(C)F)cc(O[C@@H]2C=C[C@H](n3ccc4c(C)ncnc43)C2)c2c1CCN(C(=O)OC(C)(C)C)C2. The van der Waals surface area contributed by atoms with Crippen LogP contribution in [0.15, 0.2) is 36.8 Å². The number of benzene rings is 1. The molecule has 8 heteroatoms. The number of amides is 1. The van der Waals surface area contributed by atoms with Crippen LogP contribution >= 0.6 is 0 Å². The Balaban J connectivity index is 1.41. The highest BCUT2D eigenvalue weighted by atomic mass is 19.1. The van der Waals surface area contributed by atoms with Gasteiger partial charge in [-0.2, -0.15) is 0 Å². The second-order valence-electron chi connectivity index (χ2n) is 11.1. The number of hydrogen-bond acceptors (Lipinski definition) is 5. The van der Waals surface area contributed by atoms with Crippen LogP contribution in [0.4, 0.5) is 9.18 Å². The largest absolute Gasteiger partial charge is 0.486 e. The molecular formula is C29H35FN4O3. The molecule has 0 saturated heterocycles. The van der Waals surface area contributed by atoms with E-state index in [2.05, 4.69) is 26.7 Å². The van der Waals surface area contributed by atoms with Crippen molar-refractivity contribution in [1.82, 2.24) is 19.4 Å². The van der Waals surface area contributed by atoms with Gasteiger partial charge in [0, 0.05) is 30.1 Å². The van der Waals surface area contributed by atoms with Gasteiger partial charge in [-0.25, -0.2) is 19.2 Å². The number of aryl methyl sites for hydroxylation is 1. The lowest BCUT2D eigenvalue weighted by Crippen LogP contribution is -2.40. The lowest BCUT2D eigenvalue weighted by molar-refractivity contribution is 0.0221. The molecule has 5 rings (SSSR count). The molecule has 3 aromatic rings. The van der Waals surface area contributed by atoms with Crippen molar-refractivity contribution in [1.29, 1.82) is 0 Å². The first-order chi connectivity index (χ1) is 17.5. The molecule has 1 aliphatic heterocycles. The zero-order valence-electron chi connectivity index (χ0n) is 22.4. The Hall–Kier alpha value is -3.42. The molecule has 3 atom stereocenters. The molecule has 7 nitrogen and oxygen atoms in total. The average molecular weight is 507 g/mol. The van der Waals surface area contributed by atoms with Crippen LogP contribution in [0.25, 0.3) is 11.0 Å². The molecule has 0 radical (unpaired) electrons. The molecule has 1 unspecified atom stereocenters. The van der Waals surface area contributed by atoms with E-state index in [9.17, 15) is 9.18 Å². The first-order valence-electron chi connectivity index (χ1n) is 12.9. The Morgan fingerprint density at radius 2 is 1.97 bits per heavy atom. The summed E-state index contributed by atoms with van der Waals surface area (Å²) >= 11 is 0. The van der Waals surface area contributed by atoms with Crippen molar-refractivity contribution in [3.63, 3.8) is 0 Å². The van der Waals surface area contributed by atoms with Crippen molar-refractivity contribution >= 4 is 17.1 Å². The maximum absolute atomic E-state index is 14.6. The van der Waals surface area contributed by atoms with Gasteiger partial charge in [0.25, 0.3) is 0 Å². The van der Waals surface area contributed by atoms with Crippen molar-refractivity contribution in [2.24, 2.45) is 0 Å². The van der Waals surface area contributed by atoms with E-state index in [4.69, 9.17) is 9.47 Å². The predicted octanol–water partition coefficient (Wildman–Crippen LogP) is 6.32. The van der Waals surface area contributed by atoms with Crippen LogP contribution < -0.4 is 4.74 Å². The second-order valence-corrected chi connectivity index (χ2v) is 11.1. The Morgan fingerprint density at radius 3 is 2.70 bits per heavy atom. The number of fused-ring (bicyclic) bond motifs is 2. The summed E-state index contributed by atoms with van der Waals surface area (Å²) in [7, 11) is 0. The molecule has 2 aromatic heterocycles. The van der Waals surface area contributed by atoms with Crippen LogP contribution in [0, 0.1) is 13.8 Å². The van der Waals surface area contributed by atoms with Crippen molar-refractivity contribution in [3.8, 4) is 5.75 Å². The van der Waals surface area contributed by atoms with Gasteiger partial charge in [0.15, 0.2) is 0 Å². The highest BCUT2D eigenvalue weighted by molar-refractivity contribution is 5.78. The first-order valence-corrected chi connectivity index (χ1v) is 12.9. The number of carbonyl (C=O) groups excluding carboxylic acids is 1. The van der Waals surface area contributed by atoms with Crippen LogP contribution in [0.3, 0.4) is 0 Å². The fraction of sp³-hybridized carbons (Fsp3) is 0.483. The molecule has 1 aliphatic carbocycles. The van der Waals surface area contributed by atoms with E-state index in [1.807, 2.05) is 52.9 Å². The number of ether oxygens (including phenoxy) is 2. The van der Waals surface area contributed by atoms with Gasteiger partial charge in [0.1, 0.15) is 35.6 Å². The van der Waals surface area contributed by atoms with E-state index in [1.54, 1.807) is 18.2 Å². The third-order valence-electron chi connectivity index (χ3n) is 7.26. The number of aromatic nitrogens is 3. The molecule has 0 spiro atoms. The van der Waals surface area contributed by atoms with Crippen molar-refractivity contribution in [2.45, 2.75) is 84.8 Å². The van der Waals surface area contributed by atoms with Gasteiger partial charge in [0.05, 0.1) is 18.3 Å². The summed E-state index contributed by atoms with van der Waals surface area (Å²) in [6.07, 6.45) is 7.55. The van der Waals surface area contributed by atoms with Gasteiger partial charge in [0.2, 0.25) is 0 Å². The molecule has 0 bridgehead atoms. The minimum absolute atomic E-state index is 0.0934. The monoisotopic (exact) mass is 506 g/mol. The summed E-state index contributed by atoms with van der Waals surface area (Å²) < 4.78 is 28.9. The average Bonchev–Trinajstić information content (AvgIpc) is 3.47. The molecule has 1 amide bonds. The third-order valence-corrected chi connectivity index (χ3v) is 7.26. The summed E-state index contributed by atoms with van der Waals surface area (Å²) in [6, 6.07) is 3.96. The Labute approximate surface area is 217 Å². The number of allylic oxidation sites excluding steroid dienone is 1. The van der Waals surface area contributed by atoms with E-state index < -0.39 is 11.8 Å². The minimum atomic E-state index is -1.11. The van der Waals surface area contributed by atoms with Gasteiger partial charge in [-0.3, -0.25) is 0 Å². The summed E-state index contributed by atoms with van der Waals surface area (Å²) in [5.41, 5.74) is 4.86. The van der Waals surface area contributed by atoms with Crippen LogP contribution in [-0.2, 0) is 17.7 Å². The van der Waals surface area contributed by atoms with E-state index in [1.165, 1.54) is 0 Å². The number of nitrogens with zero attached hydrogens (tertiary/aromatic N) is 4. The van der Waals surface area contributed by atoms with E-state index in [0.717, 1.165) is 39.8 Å². The number of halogens is 1. The second kappa shape index (κ2) is 9.47. The third kappa shape index (κ3) is 4.93. The molecule has 196 valence electrons. The summed E-state index contributed by atoms with van der Waals surface area (Å²) in [5.74, 6) is 0.638. The molecule has 37 heavy (non-hydrogen) atoms. The number of carbonyl (C=O) groups is 1. The van der Waals surface area contributed by atoms with E-state index >= 15 is 0 Å². The maximum atomic E-state index is 14.6. The fourth-order valence-corrected chi connectivity index (χ4v) is 5.38. The first kappa shape index (κ1) is 25.2. The quantitative estimate of drug-likeness (QED) is 0.387. The summed E-state index contributed by atoms with van der Waals surface area (Å²) in [6.45, 7) is 12.0. The number of alkyl halides is 1. The highest BCUT2D eigenvalue weighted by Crippen LogP contribution is 2.39. The summed E-state index contributed by atoms with van der Waals surface area (Å²) in [5, 5.41) is 1.04. The molecule has 3 heterocycles. The number of rotatable bonds is 4. The Kier molecular flexibility index (Phi) is 6.46. The maximum Gasteiger partial charge on any atom is 0.410 e. The van der Waals surface area contributed by atoms with Crippen LogP contribution in [0.1, 0.15) is 74.3 Å². The zero-order chi connectivity index (χ0) is 26.5. The van der Waals surface area contributed by atoms with Gasteiger partial charge < -0.3 is 18.9 Å². The predicted molar refractivity (Wildman–Crippen MR) is 141 cm³/mol. The van der Waals surface area contributed by atoms with Gasteiger partial charge in [-0.05, 0) is 82.9 Å². The van der Waals surface area contributed by atoms with Crippen molar-refractivity contribution < 1.29 is 18.7 Å². The fourth-order valence-electron chi connectivity index (χ4n) is 5.38.